The summed E-state index contributed by atoms with van der Waals surface area (Å²) in [5, 5.41) is 16.0. The van der Waals surface area contributed by atoms with Gasteiger partial charge in [-0.25, -0.2) is 0 Å². The number of benzene rings is 1. The molecule has 0 fully saturated rings. The maximum Gasteiger partial charge on any atom is 0.239 e. The van der Waals surface area contributed by atoms with E-state index in [-0.39, 0.29) is 24.9 Å². The zero-order valence-electron chi connectivity index (χ0n) is 18.0. The molecule has 7 nitrogen and oxygen atoms in total. The summed E-state index contributed by atoms with van der Waals surface area (Å²) in [5.41, 5.74) is 2.35. The first-order valence-electron chi connectivity index (χ1n) is 10.5. The molecule has 2 amide bonds. The lowest BCUT2D eigenvalue weighted by atomic mass is 10.1. The lowest BCUT2D eigenvalue weighted by Crippen LogP contribution is -2.38. The maximum absolute atomic E-state index is 12.7. The molecule has 0 unspecified atom stereocenters. The van der Waals surface area contributed by atoms with Crippen molar-refractivity contribution in [2.24, 2.45) is 0 Å². The lowest BCUT2D eigenvalue weighted by Gasteiger charge is -2.19. The Balaban J connectivity index is 1.58. The van der Waals surface area contributed by atoms with Crippen LogP contribution in [0.4, 0.5) is 10.7 Å². The van der Waals surface area contributed by atoms with Gasteiger partial charge in [0.25, 0.3) is 0 Å². The van der Waals surface area contributed by atoms with Crippen LogP contribution in [0.15, 0.2) is 24.3 Å². The minimum Gasteiger partial charge on any atom is -0.497 e. The van der Waals surface area contributed by atoms with Crippen LogP contribution in [0.2, 0.25) is 0 Å². The van der Waals surface area contributed by atoms with E-state index >= 15 is 0 Å². The minimum absolute atomic E-state index is 0.0788. The van der Waals surface area contributed by atoms with Crippen LogP contribution < -0.4 is 15.4 Å². The molecule has 1 aliphatic rings. The predicted molar refractivity (Wildman–Crippen MR) is 123 cm³/mol. The molecule has 1 aromatic heterocycles. The second kappa shape index (κ2) is 10.9. The number of thiophene rings is 1. The Morgan fingerprint density at radius 3 is 2.61 bits per heavy atom. The van der Waals surface area contributed by atoms with E-state index in [0.29, 0.717) is 28.5 Å². The van der Waals surface area contributed by atoms with Crippen LogP contribution in [0.5, 0.6) is 5.75 Å². The monoisotopic (exact) mass is 440 g/mol. The number of rotatable bonds is 8. The topological polar surface area (TPSA) is 94.5 Å². The van der Waals surface area contributed by atoms with Crippen molar-refractivity contribution >= 4 is 33.8 Å². The third-order valence-corrected chi connectivity index (χ3v) is 6.53. The van der Waals surface area contributed by atoms with E-state index in [2.05, 4.69) is 16.7 Å². The molecule has 0 radical (unpaired) electrons. The van der Waals surface area contributed by atoms with Crippen LogP contribution in [0.3, 0.4) is 0 Å². The molecule has 164 valence electrons. The number of hydrogen-bond donors (Lipinski definition) is 2. The van der Waals surface area contributed by atoms with E-state index < -0.39 is 0 Å². The van der Waals surface area contributed by atoms with Gasteiger partial charge in [-0.2, -0.15) is 5.26 Å². The van der Waals surface area contributed by atoms with E-state index in [9.17, 15) is 14.9 Å². The molecule has 0 bridgehead atoms. The Labute approximate surface area is 187 Å². The number of carbonyl (C=O) groups excluding carboxylic acids is 2. The summed E-state index contributed by atoms with van der Waals surface area (Å²) in [6.45, 7) is 2.62. The van der Waals surface area contributed by atoms with Gasteiger partial charge in [0.1, 0.15) is 16.8 Å². The minimum atomic E-state index is -0.219. The van der Waals surface area contributed by atoms with Crippen molar-refractivity contribution < 1.29 is 14.3 Å². The molecule has 3 rings (SSSR count). The Morgan fingerprint density at radius 1 is 1.16 bits per heavy atom. The van der Waals surface area contributed by atoms with Crippen molar-refractivity contribution in [1.29, 1.82) is 5.26 Å². The molecule has 0 saturated heterocycles. The number of aryl methyl sites for hydroxylation is 1. The van der Waals surface area contributed by atoms with Crippen LogP contribution in [0, 0.1) is 11.3 Å². The quantitative estimate of drug-likeness (QED) is 0.609. The number of nitriles is 1. The fourth-order valence-corrected chi connectivity index (χ4v) is 4.96. The van der Waals surface area contributed by atoms with Gasteiger partial charge in [-0.1, -0.05) is 19.4 Å². The summed E-state index contributed by atoms with van der Waals surface area (Å²) in [6, 6.07) is 9.41. The second-order valence-corrected chi connectivity index (χ2v) is 8.62. The average molecular weight is 441 g/mol. The van der Waals surface area contributed by atoms with Gasteiger partial charge in [0.2, 0.25) is 11.8 Å². The van der Waals surface area contributed by atoms with Gasteiger partial charge in [0.05, 0.1) is 25.8 Å². The molecule has 1 aromatic carbocycles. The molecular formula is C23H28N4O3S. The van der Waals surface area contributed by atoms with Crippen molar-refractivity contribution in [2.75, 3.05) is 37.4 Å². The lowest BCUT2D eigenvalue weighted by molar-refractivity contribution is -0.119. The van der Waals surface area contributed by atoms with Gasteiger partial charge in [0, 0.05) is 16.6 Å². The number of hydrogen-bond acceptors (Lipinski definition) is 6. The van der Waals surface area contributed by atoms with Gasteiger partial charge in [0.15, 0.2) is 0 Å². The first-order chi connectivity index (χ1) is 15.0. The first-order valence-corrected chi connectivity index (χ1v) is 11.4. The van der Waals surface area contributed by atoms with E-state index in [4.69, 9.17) is 4.74 Å². The van der Waals surface area contributed by atoms with Gasteiger partial charge in [-0.05, 0) is 49.9 Å². The number of likely N-dealkylation sites (N-methyl/N-ethyl adjacent to an activating group) is 1. The number of methoxy groups -OCH3 is 1. The average Bonchev–Trinajstić information content (AvgIpc) is 2.92. The smallest absolute Gasteiger partial charge is 0.239 e. The van der Waals surface area contributed by atoms with E-state index in [0.717, 1.165) is 31.2 Å². The number of carbonyl (C=O) groups is 2. The third kappa shape index (κ3) is 6.06. The summed E-state index contributed by atoms with van der Waals surface area (Å²) >= 11 is 1.52. The SMILES string of the molecule is CCN(CC(=O)Nc1cccc(OC)c1)CC(=O)Nc1sc2c(c1C#N)CCCCC2. The van der Waals surface area contributed by atoms with Crippen molar-refractivity contribution in [3.63, 3.8) is 0 Å². The summed E-state index contributed by atoms with van der Waals surface area (Å²) in [7, 11) is 1.57. The number of ether oxygens (including phenoxy) is 1. The molecule has 31 heavy (non-hydrogen) atoms. The zero-order valence-corrected chi connectivity index (χ0v) is 18.8. The summed E-state index contributed by atoms with van der Waals surface area (Å²) < 4.78 is 5.17. The highest BCUT2D eigenvalue weighted by molar-refractivity contribution is 7.16. The standard InChI is InChI=1S/C23H28N4O3S/c1-3-27(14-21(28)25-16-8-7-9-17(12-16)30-2)15-22(29)26-23-19(13-24)18-10-5-4-6-11-20(18)31-23/h7-9,12H,3-6,10-11,14-15H2,1-2H3,(H,25,28)(H,26,29). The number of amides is 2. The van der Waals surface area contributed by atoms with Crippen LogP contribution in [-0.2, 0) is 22.4 Å². The van der Waals surface area contributed by atoms with Crippen molar-refractivity contribution in [3.05, 3.63) is 40.3 Å². The van der Waals surface area contributed by atoms with Crippen LogP contribution in [-0.4, -0.2) is 43.5 Å². The number of nitrogens with zero attached hydrogens (tertiary/aromatic N) is 2. The highest BCUT2D eigenvalue weighted by Gasteiger charge is 2.22. The molecule has 1 aliphatic carbocycles. The fraction of sp³-hybridized carbons (Fsp3) is 0.435. The third-order valence-electron chi connectivity index (χ3n) is 5.32. The molecule has 0 saturated carbocycles. The maximum atomic E-state index is 12.7. The Bertz CT molecular complexity index is 980. The normalized spacial score (nSPS) is 13.1. The Kier molecular flexibility index (Phi) is 8.04. The summed E-state index contributed by atoms with van der Waals surface area (Å²) in [4.78, 5) is 28.0. The molecule has 0 aliphatic heterocycles. The van der Waals surface area contributed by atoms with Gasteiger partial charge in [-0.3, -0.25) is 14.5 Å². The van der Waals surface area contributed by atoms with Crippen molar-refractivity contribution in [1.82, 2.24) is 4.90 Å². The van der Waals surface area contributed by atoms with E-state index in [1.54, 1.807) is 36.3 Å². The van der Waals surface area contributed by atoms with Crippen LogP contribution >= 0.6 is 11.3 Å². The van der Waals surface area contributed by atoms with Gasteiger partial charge < -0.3 is 15.4 Å². The molecule has 2 N–H and O–H groups in total. The molecule has 1 heterocycles. The number of fused-ring (bicyclic) bond motifs is 1. The summed E-state index contributed by atoms with van der Waals surface area (Å²) in [6.07, 6.45) is 5.25. The van der Waals surface area contributed by atoms with Crippen molar-refractivity contribution in [2.45, 2.75) is 39.0 Å². The molecule has 0 atom stereocenters. The molecule has 2 aromatic rings. The van der Waals surface area contributed by atoms with Gasteiger partial charge in [-0.15, -0.1) is 11.3 Å². The zero-order chi connectivity index (χ0) is 22.2. The first kappa shape index (κ1) is 22.8. The second-order valence-electron chi connectivity index (χ2n) is 7.51. The Morgan fingerprint density at radius 2 is 1.90 bits per heavy atom. The Hall–Kier alpha value is -2.89. The highest BCUT2D eigenvalue weighted by atomic mass is 32.1. The fourth-order valence-electron chi connectivity index (χ4n) is 3.70. The van der Waals surface area contributed by atoms with Crippen LogP contribution in [0.1, 0.15) is 42.2 Å². The number of nitrogens with one attached hydrogen (secondary N) is 2. The molecule has 8 heteroatoms. The van der Waals surface area contributed by atoms with Gasteiger partial charge >= 0.3 is 0 Å². The number of anilines is 2. The highest BCUT2D eigenvalue weighted by Crippen LogP contribution is 2.36. The predicted octanol–water partition coefficient (Wildman–Crippen LogP) is 3.80. The molecule has 0 spiro atoms. The van der Waals surface area contributed by atoms with Crippen LogP contribution in [0.25, 0.3) is 0 Å². The van der Waals surface area contributed by atoms with E-state index in [1.165, 1.54) is 22.6 Å². The van der Waals surface area contributed by atoms with Crippen molar-refractivity contribution in [3.8, 4) is 11.8 Å². The largest absolute Gasteiger partial charge is 0.497 e. The summed E-state index contributed by atoms with van der Waals surface area (Å²) in [5.74, 6) is 0.236. The van der Waals surface area contributed by atoms with E-state index in [1.807, 2.05) is 6.92 Å². The molecular weight excluding hydrogens is 412 g/mol.